The third-order valence-electron chi connectivity index (χ3n) is 4.17. The molecule has 2 aromatic rings. The third kappa shape index (κ3) is 6.72. The number of rotatable bonds is 6. The van der Waals surface area contributed by atoms with Crippen LogP contribution in [0.5, 0.6) is 0 Å². The van der Waals surface area contributed by atoms with E-state index in [2.05, 4.69) is 75.5 Å². The molecule has 2 heterocycles. The van der Waals surface area contributed by atoms with Gasteiger partial charge in [-0.3, -0.25) is 4.68 Å². The molecule has 6 nitrogen and oxygen atoms in total. The van der Waals surface area contributed by atoms with Crippen LogP contribution in [0.4, 0.5) is 0 Å². The molecule has 0 aliphatic heterocycles. The van der Waals surface area contributed by atoms with Crippen LogP contribution < -0.4 is 5.32 Å². The van der Waals surface area contributed by atoms with Gasteiger partial charge in [0, 0.05) is 49.7 Å². The highest BCUT2D eigenvalue weighted by Gasteiger charge is 2.18. The van der Waals surface area contributed by atoms with Crippen molar-refractivity contribution in [3.05, 3.63) is 33.5 Å². The first-order valence-electron chi connectivity index (χ1n) is 9.58. The highest BCUT2D eigenvalue weighted by molar-refractivity contribution is 14.0. The summed E-state index contributed by atoms with van der Waals surface area (Å²) in [4.78, 5) is 11.7. The third-order valence-corrected chi connectivity index (χ3v) is 5.49. The van der Waals surface area contributed by atoms with E-state index in [9.17, 15) is 0 Å². The van der Waals surface area contributed by atoms with Gasteiger partial charge in [0.15, 0.2) is 5.96 Å². The summed E-state index contributed by atoms with van der Waals surface area (Å²) < 4.78 is 1.89. The molecule has 0 aliphatic carbocycles. The Morgan fingerprint density at radius 3 is 2.57 bits per heavy atom. The maximum atomic E-state index is 4.80. The number of aromatic nitrogens is 3. The first-order valence-corrected chi connectivity index (χ1v) is 10.5. The lowest BCUT2D eigenvalue weighted by Gasteiger charge is -2.22. The molecule has 158 valence electrons. The van der Waals surface area contributed by atoms with Crippen LogP contribution in [0.25, 0.3) is 0 Å². The van der Waals surface area contributed by atoms with E-state index in [1.807, 2.05) is 11.7 Å². The average Bonchev–Trinajstić information content (AvgIpc) is 3.17. The number of nitrogens with one attached hydrogen (secondary N) is 1. The molecule has 0 atom stereocenters. The van der Waals surface area contributed by atoms with Crippen LogP contribution >= 0.6 is 35.3 Å². The normalized spacial score (nSPS) is 12.2. The number of guanidine groups is 1. The summed E-state index contributed by atoms with van der Waals surface area (Å²) in [5.74, 6) is 1.29. The molecular weight excluding hydrogens is 483 g/mol. The number of hydrogen-bond acceptors (Lipinski definition) is 4. The summed E-state index contributed by atoms with van der Waals surface area (Å²) in [5, 5.41) is 11.3. The van der Waals surface area contributed by atoms with E-state index in [0.717, 1.165) is 35.4 Å². The number of hydrogen-bond donors (Lipinski definition) is 1. The second-order valence-electron chi connectivity index (χ2n) is 8.29. The van der Waals surface area contributed by atoms with E-state index in [1.54, 1.807) is 11.3 Å². The summed E-state index contributed by atoms with van der Waals surface area (Å²) in [6.07, 6.45) is 2.10. The summed E-state index contributed by atoms with van der Waals surface area (Å²) in [6.45, 7) is 15.2. The van der Waals surface area contributed by atoms with Gasteiger partial charge in [-0.15, -0.1) is 35.3 Å². The summed E-state index contributed by atoms with van der Waals surface area (Å²) in [6, 6.07) is 0. The van der Waals surface area contributed by atoms with E-state index in [1.165, 1.54) is 5.56 Å². The molecule has 0 radical (unpaired) electrons. The van der Waals surface area contributed by atoms with Crippen molar-refractivity contribution in [3.63, 3.8) is 0 Å². The van der Waals surface area contributed by atoms with E-state index in [0.29, 0.717) is 12.5 Å². The van der Waals surface area contributed by atoms with Crippen molar-refractivity contribution in [1.82, 2.24) is 25.0 Å². The molecular formula is C20H35IN6S. The van der Waals surface area contributed by atoms with Crippen molar-refractivity contribution >= 4 is 41.3 Å². The Labute approximate surface area is 190 Å². The van der Waals surface area contributed by atoms with Crippen LogP contribution in [-0.4, -0.2) is 39.2 Å². The Kier molecular flexibility index (Phi) is 9.39. The maximum absolute atomic E-state index is 4.80. The minimum absolute atomic E-state index is 0. The summed E-state index contributed by atoms with van der Waals surface area (Å²) in [7, 11) is 4.05. The van der Waals surface area contributed by atoms with Crippen molar-refractivity contribution < 1.29 is 0 Å². The Morgan fingerprint density at radius 1 is 1.36 bits per heavy atom. The highest BCUT2D eigenvalue weighted by atomic mass is 127. The zero-order chi connectivity index (χ0) is 20.2. The van der Waals surface area contributed by atoms with Gasteiger partial charge in [-0.05, 0) is 12.8 Å². The van der Waals surface area contributed by atoms with E-state index < -0.39 is 0 Å². The largest absolute Gasteiger partial charge is 0.357 e. The molecule has 0 bridgehead atoms. The van der Waals surface area contributed by atoms with Gasteiger partial charge >= 0.3 is 0 Å². The van der Waals surface area contributed by atoms with Gasteiger partial charge in [0.2, 0.25) is 0 Å². The molecule has 0 aliphatic rings. The topological polar surface area (TPSA) is 58.3 Å². The van der Waals surface area contributed by atoms with Gasteiger partial charge < -0.3 is 10.2 Å². The summed E-state index contributed by atoms with van der Waals surface area (Å²) in [5.41, 5.74) is 3.50. The monoisotopic (exact) mass is 518 g/mol. The molecule has 28 heavy (non-hydrogen) atoms. The van der Waals surface area contributed by atoms with Crippen LogP contribution in [0.15, 0.2) is 16.6 Å². The van der Waals surface area contributed by atoms with Gasteiger partial charge in [0.25, 0.3) is 0 Å². The van der Waals surface area contributed by atoms with Gasteiger partial charge in [0.05, 0.1) is 22.9 Å². The molecule has 0 aromatic carbocycles. The lowest BCUT2D eigenvalue weighted by molar-refractivity contribution is 0.473. The molecule has 2 rings (SSSR count). The molecule has 0 fully saturated rings. The van der Waals surface area contributed by atoms with Gasteiger partial charge in [-0.2, -0.15) is 5.10 Å². The molecule has 0 saturated carbocycles. The van der Waals surface area contributed by atoms with Crippen LogP contribution in [0.1, 0.15) is 69.4 Å². The van der Waals surface area contributed by atoms with E-state index in [4.69, 9.17) is 9.98 Å². The molecule has 8 heteroatoms. The number of aliphatic imine (C=N–C) groups is 1. The highest BCUT2D eigenvalue weighted by Crippen LogP contribution is 2.25. The van der Waals surface area contributed by atoms with Gasteiger partial charge in [0.1, 0.15) is 0 Å². The van der Waals surface area contributed by atoms with Crippen molar-refractivity contribution in [2.24, 2.45) is 12.0 Å². The predicted molar refractivity (Wildman–Crippen MR) is 130 cm³/mol. The van der Waals surface area contributed by atoms with Crippen LogP contribution in [0.2, 0.25) is 0 Å². The number of thiazole rings is 1. The van der Waals surface area contributed by atoms with Crippen molar-refractivity contribution in [3.8, 4) is 0 Å². The van der Waals surface area contributed by atoms with Gasteiger partial charge in [-0.1, -0.05) is 34.6 Å². The lowest BCUT2D eigenvalue weighted by atomic mass is 9.98. The fraction of sp³-hybridized carbons (Fsp3) is 0.650. The van der Waals surface area contributed by atoms with Crippen LogP contribution in [0, 0.1) is 0 Å². The van der Waals surface area contributed by atoms with Gasteiger partial charge in [-0.25, -0.2) is 9.98 Å². The zero-order valence-electron chi connectivity index (χ0n) is 18.4. The first kappa shape index (κ1) is 24.9. The van der Waals surface area contributed by atoms with Crippen LogP contribution in [-0.2, 0) is 25.6 Å². The Hall–Kier alpha value is -1.16. The Morgan fingerprint density at radius 2 is 2.04 bits per heavy atom. The molecule has 0 saturated heterocycles. The lowest BCUT2D eigenvalue weighted by Crippen LogP contribution is -2.38. The number of halogens is 1. The first-order chi connectivity index (χ1) is 12.6. The van der Waals surface area contributed by atoms with Crippen LogP contribution in [0.3, 0.4) is 0 Å². The van der Waals surface area contributed by atoms with Crippen molar-refractivity contribution in [2.75, 3.05) is 13.6 Å². The second-order valence-corrected chi connectivity index (χ2v) is 9.15. The average molecular weight is 519 g/mol. The van der Waals surface area contributed by atoms with Crippen molar-refractivity contribution in [2.45, 2.75) is 66.0 Å². The maximum Gasteiger partial charge on any atom is 0.194 e. The molecule has 0 amide bonds. The standard InChI is InChI=1S/C20H34N6S.HI/c1-9-21-19(22-10-16-13-27-18(23-16)20(4,5)6)25(7)11-15-12-26(8)24-17(15)14(2)3;/h12-14H,9-11H2,1-8H3,(H,21,22);1H. The fourth-order valence-corrected chi connectivity index (χ4v) is 3.74. The number of nitrogens with zero attached hydrogens (tertiary/aromatic N) is 5. The van der Waals surface area contributed by atoms with E-state index in [-0.39, 0.29) is 29.4 Å². The van der Waals surface area contributed by atoms with Crippen molar-refractivity contribution in [1.29, 1.82) is 0 Å². The quantitative estimate of drug-likeness (QED) is 0.347. The molecule has 2 aromatic heterocycles. The van der Waals surface area contributed by atoms with E-state index >= 15 is 0 Å². The fourth-order valence-electron chi connectivity index (χ4n) is 2.84. The Balaban J connectivity index is 0.00000392. The minimum atomic E-state index is 0. The predicted octanol–water partition coefficient (Wildman–Crippen LogP) is 4.51. The number of aryl methyl sites for hydroxylation is 1. The second kappa shape index (κ2) is 10.6. The molecule has 0 spiro atoms. The zero-order valence-corrected chi connectivity index (χ0v) is 21.6. The smallest absolute Gasteiger partial charge is 0.194 e. The minimum Gasteiger partial charge on any atom is -0.357 e. The molecule has 0 unspecified atom stereocenters. The molecule has 1 N–H and O–H groups in total. The summed E-state index contributed by atoms with van der Waals surface area (Å²) >= 11 is 1.72. The Bertz CT molecular complexity index is 772. The SMILES string of the molecule is CCNC(=NCc1csc(C(C)(C)C)n1)N(C)Cc1cn(C)nc1C(C)C.I.